The molecule has 3 aromatic rings. The standard InChI is InChI=1S/C19H19N3O5/c1-24-14-7-5-4-6-13(14)11-20-18(23)19-21-17(22-27-19)12-8-9-15(25-2)16(10-12)26-3/h4-10H,11H2,1-3H3,(H,20,23). The summed E-state index contributed by atoms with van der Waals surface area (Å²) in [6.07, 6.45) is 0. The van der Waals surface area contributed by atoms with E-state index in [9.17, 15) is 4.79 Å². The number of aromatic nitrogens is 2. The van der Waals surface area contributed by atoms with Crippen molar-refractivity contribution in [3.63, 3.8) is 0 Å². The molecule has 0 saturated heterocycles. The normalized spacial score (nSPS) is 10.3. The lowest BCUT2D eigenvalue weighted by atomic mass is 10.2. The first-order valence-corrected chi connectivity index (χ1v) is 8.12. The van der Waals surface area contributed by atoms with Gasteiger partial charge in [0.25, 0.3) is 0 Å². The number of nitrogens with one attached hydrogen (secondary N) is 1. The molecule has 1 aromatic heterocycles. The van der Waals surface area contributed by atoms with Crippen molar-refractivity contribution in [1.29, 1.82) is 0 Å². The van der Waals surface area contributed by atoms with Crippen molar-refractivity contribution >= 4 is 5.91 Å². The zero-order chi connectivity index (χ0) is 19.2. The Morgan fingerprint density at radius 1 is 1.00 bits per heavy atom. The minimum atomic E-state index is -0.472. The molecule has 0 bridgehead atoms. The summed E-state index contributed by atoms with van der Waals surface area (Å²) in [5, 5.41) is 6.59. The van der Waals surface area contributed by atoms with Crippen molar-refractivity contribution in [3.05, 3.63) is 53.9 Å². The molecular formula is C19H19N3O5. The van der Waals surface area contributed by atoms with Gasteiger partial charge in [-0.2, -0.15) is 4.98 Å². The van der Waals surface area contributed by atoms with Crippen LogP contribution >= 0.6 is 0 Å². The maximum absolute atomic E-state index is 12.3. The summed E-state index contributed by atoms with van der Waals surface area (Å²) in [7, 11) is 4.67. The second-order valence-electron chi connectivity index (χ2n) is 5.49. The first-order valence-electron chi connectivity index (χ1n) is 8.12. The number of para-hydroxylation sites is 1. The summed E-state index contributed by atoms with van der Waals surface area (Å²) >= 11 is 0. The molecule has 8 nitrogen and oxygen atoms in total. The van der Waals surface area contributed by atoms with E-state index in [1.165, 1.54) is 7.11 Å². The Balaban J connectivity index is 1.72. The lowest BCUT2D eigenvalue weighted by Gasteiger charge is -2.08. The number of benzene rings is 2. The number of methoxy groups -OCH3 is 3. The number of carbonyl (C=O) groups is 1. The van der Waals surface area contributed by atoms with E-state index in [4.69, 9.17) is 18.7 Å². The highest BCUT2D eigenvalue weighted by atomic mass is 16.5. The largest absolute Gasteiger partial charge is 0.496 e. The molecule has 0 aliphatic rings. The Bertz CT molecular complexity index is 939. The van der Waals surface area contributed by atoms with Crippen LogP contribution in [0.25, 0.3) is 11.4 Å². The average Bonchev–Trinajstić information content (AvgIpc) is 3.22. The molecule has 0 unspecified atom stereocenters. The Morgan fingerprint density at radius 2 is 1.74 bits per heavy atom. The van der Waals surface area contributed by atoms with Gasteiger partial charge in [-0.3, -0.25) is 4.79 Å². The monoisotopic (exact) mass is 369 g/mol. The highest BCUT2D eigenvalue weighted by molar-refractivity contribution is 5.89. The number of hydrogen-bond donors (Lipinski definition) is 1. The molecule has 0 aliphatic carbocycles. The molecule has 140 valence electrons. The van der Waals surface area contributed by atoms with Crippen molar-refractivity contribution in [2.24, 2.45) is 0 Å². The van der Waals surface area contributed by atoms with Gasteiger partial charge in [-0.1, -0.05) is 23.4 Å². The summed E-state index contributed by atoms with van der Waals surface area (Å²) in [6.45, 7) is 0.275. The smallest absolute Gasteiger partial charge is 0.316 e. The van der Waals surface area contributed by atoms with Crippen molar-refractivity contribution in [2.75, 3.05) is 21.3 Å². The molecule has 8 heteroatoms. The quantitative estimate of drug-likeness (QED) is 0.684. The third-order valence-electron chi connectivity index (χ3n) is 3.89. The SMILES string of the molecule is COc1ccccc1CNC(=O)c1nc(-c2ccc(OC)c(OC)c2)no1. The predicted molar refractivity (Wildman–Crippen MR) is 97.0 cm³/mol. The molecule has 1 amide bonds. The van der Waals surface area contributed by atoms with E-state index in [1.807, 2.05) is 24.3 Å². The van der Waals surface area contributed by atoms with E-state index >= 15 is 0 Å². The third-order valence-corrected chi connectivity index (χ3v) is 3.89. The first-order chi connectivity index (χ1) is 13.2. The van der Waals surface area contributed by atoms with Crippen molar-refractivity contribution in [1.82, 2.24) is 15.5 Å². The van der Waals surface area contributed by atoms with Crippen LogP contribution in [0.5, 0.6) is 17.2 Å². The average molecular weight is 369 g/mol. The van der Waals surface area contributed by atoms with E-state index in [0.717, 1.165) is 5.56 Å². The van der Waals surface area contributed by atoms with Gasteiger partial charge in [-0.15, -0.1) is 0 Å². The fourth-order valence-electron chi connectivity index (χ4n) is 2.51. The number of amides is 1. The first kappa shape index (κ1) is 18.2. The Morgan fingerprint density at radius 3 is 2.48 bits per heavy atom. The molecule has 1 heterocycles. The van der Waals surface area contributed by atoms with Gasteiger partial charge >= 0.3 is 11.8 Å². The van der Waals surface area contributed by atoms with Crippen LogP contribution < -0.4 is 19.5 Å². The number of carbonyl (C=O) groups excluding carboxylic acids is 1. The van der Waals surface area contributed by atoms with Gasteiger partial charge in [0.2, 0.25) is 5.82 Å². The van der Waals surface area contributed by atoms with Crippen LogP contribution in [0.1, 0.15) is 16.2 Å². The van der Waals surface area contributed by atoms with E-state index in [0.29, 0.717) is 22.8 Å². The van der Waals surface area contributed by atoms with Gasteiger partial charge in [-0.25, -0.2) is 0 Å². The van der Waals surface area contributed by atoms with Crippen LogP contribution in [-0.2, 0) is 6.54 Å². The second-order valence-corrected chi connectivity index (χ2v) is 5.49. The van der Waals surface area contributed by atoms with Gasteiger partial charge in [0.15, 0.2) is 11.5 Å². The summed E-state index contributed by atoms with van der Waals surface area (Å²) in [5.74, 6) is 1.48. The van der Waals surface area contributed by atoms with E-state index in [1.54, 1.807) is 32.4 Å². The molecule has 0 saturated carbocycles. The highest BCUT2D eigenvalue weighted by Gasteiger charge is 2.17. The van der Waals surface area contributed by atoms with Crippen LogP contribution in [0.15, 0.2) is 47.0 Å². The predicted octanol–water partition coefficient (Wildman–Crippen LogP) is 2.69. The molecule has 0 atom stereocenters. The van der Waals surface area contributed by atoms with Crippen molar-refractivity contribution in [2.45, 2.75) is 6.54 Å². The Labute approximate surface area is 156 Å². The number of nitrogens with zero attached hydrogens (tertiary/aromatic N) is 2. The summed E-state index contributed by atoms with van der Waals surface area (Å²) in [5.41, 5.74) is 1.48. The molecule has 0 spiro atoms. The maximum Gasteiger partial charge on any atom is 0.316 e. The van der Waals surface area contributed by atoms with Gasteiger partial charge in [0.1, 0.15) is 5.75 Å². The fraction of sp³-hybridized carbons (Fsp3) is 0.211. The number of rotatable bonds is 7. The third kappa shape index (κ3) is 4.00. The lowest BCUT2D eigenvalue weighted by Crippen LogP contribution is -2.23. The molecule has 2 aromatic carbocycles. The molecule has 1 N–H and O–H groups in total. The molecule has 27 heavy (non-hydrogen) atoms. The lowest BCUT2D eigenvalue weighted by molar-refractivity contribution is 0.0906. The summed E-state index contributed by atoms with van der Waals surface area (Å²) < 4.78 is 20.8. The van der Waals surface area contributed by atoms with E-state index < -0.39 is 5.91 Å². The minimum absolute atomic E-state index is 0.130. The Kier molecular flexibility index (Phi) is 5.55. The van der Waals surface area contributed by atoms with Crippen LogP contribution in [-0.4, -0.2) is 37.4 Å². The van der Waals surface area contributed by atoms with Gasteiger partial charge in [-0.05, 0) is 24.3 Å². The maximum atomic E-state index is 12.3. The van der Waals surface area contributed by atoms with Crippen LogP contribution in [0, 0.1) is 0 Å². The van der Waals surface area contributed by atoms with Gasteiger partial charge in [0, 0.05) is 17.7 Å². The number of hydrogen-bond acceptors (Lipinski definition) is 7. The Hall–Kier alpha value is -3.55. The van der Waals surface area contributed by atoms with Crippen molar-refractivity contribution in [3.8, 4) is 28.6 Å². The molecule has 0 fully saturated rings. The molecule has 0 radical (unpaired) electrons. The van der Waals surface area contributed by atoms with Gasteiger partial charge < -0.3 is 24.1 Å². The van der Waals surface area contributed by atoms with Crippen molar-refractivity contribution < 1.29 is 23.5 Å². The number of ether oxygens (including phenoxy) is 3. The van der Waals surface area contributed by atoms with Crippen LogP contribution in [0.3, 0.4) is 0 Å². The molecular weight excluding hydrogens is 350 g/mol. The summed E-state index contributed by atoms with van der Waals surface area (Å²) in [4.78, 5) is 16.4. The minimum Gasteiger partial charge on any atom is -0.496 e. The van der Waals surface area contributed by atoms with Gasteiger partial charge in [0.05, 0.1) is 21.3 Å². The van der Waals surface area contributed by atoms with Crippen LogP contribution in [0.2, 0.25) is 0 Å². The topological polar surface area (TPSA) is 95.7 Å². The fourth-order valence-corrected chi connectivity index (χ4v) is 2.51. The zero-order valence-electron chi connectivity index (χ0n) is 15.2. The summed E-state index contributed by atoms with van der Waals surface area (Å²) in [6, 6.07) is 12.6. The molecule has 3 rings (SSSR count). The van der Waals surface area contributed by atoms with E-state index in [2.05, 4.69) is 15.5 Å². The van der Waals surface area contributed by atoms with E-state index in [-0.39, 0.29) is 18.3 Å². The highest BCUT2D eigenvalue weighted by Crippen LogP contribution is 2.31. The molecule has 0 aliphatic heterocycles. The zero-order valence-corrected chi connectivity index (χ0v) is 15.2. The van der Waals surface area contributed by atoms with Crippen LogP contribution in [0.4, 0.5) is 0 Å². The second kappa shape index (κ2) is 8.22.